The van der Waals surface area contributed by atoms with Crippen LogP contribution in [0.3, 0.4) is 0 Å². The van der Waals surface area contributed by atoms with Crippen LogP contribution in [0.4, 0.5) is 4.39 Å². The summed E-state index contributed by atoms with van der Waals surface area (Å²) in [5.41, 5.74) is 5.21. The van der Waals surface area contributed by atoms with Gasteiger partial charge in [-0.3, -0.25) is 4.68 Å². The molecule has 34 heavy (non-hydrogen) atoms. The van der Waals surface area contributed by atoms with Gasteiger partial charge in [-0.1, -0.05) is 11.6 Å². The van der Waals surface area contributed by atoms with E-state index in [1.54, 1.807) is 12.1 Å². The van der Waals surface area contributed by atoms with Gasteiger partial charge in [-0.05, 0) is 69.4 Å². The van der Waals surface area contributed by atoms with E-state index in [0.717, 1.165) is 35.2 Å². The number of aryl methyl sites for hydroxylation is 2. The zero-order chi connectivity index (χ0) is 23.4. The molecule has 3 aromatic heterocycles. The molecule has 1 aliphatic heterocycles. The van der Waals surface area contributed by atoms with Crippen molar-refractivity contribution in [2.24, 2.45) is 0 Å². The van der Waals surface area contributed by atoms with Gasteiger partial charge in [0.15, 0.2) is 0 Å². The van der Waals surface area contributed by atoms with E-state index in [1.807, 2.05) is 30.8 Å². The van der Waals surface area contributed by atoms with Crippen LogP contribution in [0.1, 0.15) is 66.4 Å². The molecule has 2 aliphatic rings. The zero-order valence-electron chi connectivity index (χ0n) is 19.1. The molecule has 2 fully saturated rings. The number of pyridine rings is 1. The third-order valence-corrected chi connectivity index (χ3v) is 7.12. The highest BCUT2D eigenvalue weighted by molar-refractivity contribution is 6.30. The fraction of sp³-hybridized carbons (Fsp3) is 0.385. The molecule has 8 heteroatoms. The van der Waals surface area contributed by atoms with Crippen LogP contribution in [0, 0.1) is 19.7 Å². The molecular weight excluding hydrogens is 453 g/mol. The summed E-state index contributed by atoms with van der Waals surface area (Å²) >= 11 is 6.01. The van der Waals surface area contributed by atoms with Gasteiger partial charge in [0.05, 0.1) is 23.9 Å². The third-order valence-electron chi connectivity index (χ3n) is 6.88. The highest BCUT2D eigenvalue weighted by Gasteiger charge is 2.31. The zero-order valence-corrected chi connectivity index (χ0v) is 19.9. The van der Waals surface area contributed by atoms with E-state index in [-0.39, 0.29) is 12.0 Å². The predicted octanol–water partition coefficient (Wildman–Crippen LogP) is 6.27. The van der Waals surface area contributed by atoms with Crippen LogP contribution in [0.15, 0.2) is 36.7 Å². The van der Waals surface area contributed by atoms with Crippen molar-refractivity contribution in [2.75, 3.05) is 6.61 Å². The number of nitrogens with zero attached hydrogens (tertiary/aromatic N) is 5. The van der Waals surface area contributed by atoms with Crippen LogP contribution in [-0.2, 0) is 4.74 Å². The molecule has 0 bridgehead atoms. The first-order chi connectivity index (χ1) is 16.5. The summed E-state index contributed by atoms with van der Waals surface area (Å²) in [5, 5.41) is 4.87. The highest BCUT2D eigenvalue weighted by Crippen LogP contribution is 2.40. The minimum absolute atomic E-state index is 0.0563. The molecule has 2 atom stereocenters. The fourth-order valence-electron chi connectivity index (χ4n) is 4.64. The Morgan fingerprint density at radius 1 is 1.09 bits per heavy atom. The van der Waals surface area contributed by atoms with E-state index in [0.29, 0.717) is 40.3 Å². The van der Waals surface area contributed by atoms with Crippen LogP contribution in [-0.4, -0.2) is 31.3 Å². The first-order valence-electron chi connectivity index (χ1n) is 11.7. The van der Waals surface area contributed by atoms with Crippen molar-refractivity contribution in [2.45, 2.75) is 57.6 Å². The van der Waals surface area contributed by atoms with Crippen LogP contribution in [0.5, 0.6) is 0 Å². The molecule has 1 saturated carbocycles. The van der Waals surface area contributed by atoms with Gasteiger partial charge in [-0.25, -0.2) is 19.3 Å². The van der Waals surface area contributed by atoms with E-state index in [2.05, 4.69) is 11.3 Å². The Morgan fingerprint density at radius 3 is 2.74 bits per heavy atom. The quantitative estimate of drug-likeness (QED) is 0.346. The maximum atomic E-state index is 15.0. The first kappa shape index (κ1) is 21.6. The topological polar surface area (TPSA) is 65.7 Å². The Hall–Kier alpha value is -2.90. The van der Waals surface area contributed by atoms with Crippen molar-refractivity contribution >= 4 is 22.6 Å². The van der Waals surface area contributed by atoms with Gasteiger partial charge in [-0.2, -0.15) is 5.10 Å². The molecule has 4 aromatic rings. The second kappa shape index (κ2) is 8.40. The second-order valence-corrected chi connectivity index (χ2v) is 9.82. The average Bonchev–Trinajstić information content (AvgIpc) is 3.56. The SMILES string of the molecule is Cc1cc2nc(C3CCOC(c4cnn(C5CC5)c4)C3)nc(-c3ccc(Cl)cc3F)c2nc1C. The molecule has 1 aliphatic carbocycles. The first-order valence-corrected chi connectivity index (χ1v) is 12.1. The van der Waals surface area contributed by atoms with Crippen molar-refractivity contribution < 1.29 is 9.13 Å². The third kappa shape index (κ3) is 3.97. The highest BCUT2D eigenvalue weighted by atomic mass is 35.5. The maximum absolute atomic E-state index is 15.0. The summed E-state index contributed by atoms with van der Waals surface area (Å²) in [6.45, 7) is 4.56. The number of hydrogen-bond donors (Lipinski definition) is 0. The summed E-state index contributed by atoms with van der Waals surface area (Å²) in [6.07, 6.45) is 7.91. The Labute approximate surface area is 202 Å². The molecule has 4 heterocycles. The Balaban J connectivity index is 1.41. The standard InChI is InChI=1S/C26H25ClFN5O/c1-14-9-22-25(30-15(14)2)24(20-6-3-18(27)11-21(20)28)32-26(31-22)16-7-8-34-23(10-16)17-12-29-33(13-17)19-4-5-19/h3,6,9,11-13,16,19,23H,4-5,7-8,10H2,1-2H3. The van der Waals surface area contributed by atoms with Crippen LogP contribution >= 0.6 is 11.6 Å². The number of benzene rings is 1. The van der Waals surface area contributed by atoms with Crippen molar-refractivity contribution in [3.05, 3.63) is 70.1 Å². The van der Waals surface area contributed by atoms with Crippen molar-refractivity contribution in [3.8, 4) is 11.3 Å². The van der Waals surface area contributed by atoms with E-state index in [1.165, 1.54) is 18.9 Å². The summed E-state index contributed by atoms with van der Waals surface area (Å²) < 4.78 is 23.1. The summed E-state index contributed by atoms with van der Waals surface area (Å²) in [5.74, 6) is 0.365. The summed E-state index contributed by atoms with van der Waals surface area (Å²) in [6, 6.07) is 7.20. The average molecular weight is 478 g/mol. The number of ether oxygens (including phenoxy) is 1. The maximum Gasteiger partial charge on any atom is 0.134 e. The Kier molecular flexibility index (Phi) is 5.34. The molecule has 0 amide bonds. The minimum atomic E-state index is -0.421. The number of fused-ring (bicyclic) bond motifs is 1. The lowest BCUT2D eigenvalue weighted by atomic mass is 9.92. The minimum Gasteiger partial charge on any atom is -0.373 e. The van der Waals surface area contributed by atoms with Crippen LogP contribution in [0.25, 0.3) is 22.3 Å². The molecule has 6 rings (SSSR count). The molecule has 0 radical (unpaired) electrons. The summed E-state index contributed by atoms with van der Waals surface area (Å²) in [7, 11) is 0. The second-order valence-electron chi connectivity index (χ2n) is 9.38. The van der Waals surface area contributed by atoms with Gasteiger partial charge >= 0.3 is 0 Å². The molecular formula is C26H25ClFN5O. The van der Waals surface area contributed by atoms with Gasteiger partial charge in [0, 0.05) is 40.6 Å². The molecule has 1 aromatic carbocycles. The van der Waals surface area contributed by atoms with Crippen LogP contribution < -0.4 is 0 Å². The molecule has 0 N–H and O–H groups in total. The number of aromatic nitrogens is 5. The Morgan fingerprint density at radius 2 is 1.94 bits per heavy atom. The number of hydrogen-bond acceptors (Lipinski definition) is 5. The lowest BCUT2D eigenvalue weighted by molar-refractivity contribution is 0.00397. The lowest BCUT2D eigenvalue weighted by Gasteiger charge is -2.28. The largest absolute Gasteiger partial charge is 0.373 e. The van der Waals surface area contributed by atoms with E-state index in [9.17, 15) is 4.39 Å². The molecule has 174 valence electrons. The van der Waals surface area contributed by atoms with Gasteiger partial charge in [0.25, 0.3) is 0 Å². The van der Waals surface area contributed by atoms with Crippen molar-refractivity contribution in [3.63, 3.8) is 0 Å². The predicted molar refractivity (Wildman–Crippen MR) is 128 cm³/mol. The smallest absolute Gasteiger partial charge is 0.134 e. The molecule has 1 saturated heterocycles. The van der Waals surface area contributed by atoms with Crippen LogP contribution in [0.2, 0.25) is 5.02 Å². The summed E-state index contributed by atoms with van der Waals surface area (Å²) in [4.78, 5) is 14.5. The van der Waals surface area contributed by atoms with E-state index < -0.39 is 5.82 Å². The lowest BCUT2D eigenvalue weighted by Crippen LogP contribution is -2.20. The molecule has 2 unspecified atom stereocenters. The van der Waals surface area contributed by atoms with Gasteiger partial charge in [-0.15, -0.1) is 0 Å². The normalized spacial score (nSPS) is 20.7. The number of halogens is 2. The molecule has 0 spiro atoms. The van der Waals surface area contributed by atoms with Gasteiger partial charge in [0.1, 0.15) is 22.9 Å². The van der Waals surface area contributed by atoms with Gasteiger partial charge < -0.3 is 4.74 Å². The Bertz CT molecular complexity index is 1400. The van der Waals surface area contributed by atoms with Crippen molar-refractivity contribution in [1.82, 2.24) is 24.7 Å². The monoisotopic (exact) mass is 477 g/mol. The number of rotatable bonds is 4. The van der Waals surface area contributed by atoms with Crippen molar-refractivity contribution in [1.29, 1.82) is 0 Å². The van der Waals surface area contributed by atoms with Gasteiger partial charge in [0.2, 0.25) is 0 Å². The van der Waals surface area contributed by atoms with E-state index >= 15 is 0 Å². The fourth-order valence-corrected chi connectivity index (χ4v) is 4.80. The molecule has 6 nitrogen and oxygen atoms in total. The van der Waals surface area contributed by atoms with E-state index in [4.69, 9.17) is 31.3 Å².